The molecule has 0 aromatic heterocycles. The van der Waals surface area contributed by atoms with E-state index in [-0.39, 0.29) is 0 Å². The summed E-state index contributed by atoms with van der Waals surface area (Å²) in [6.07, 6.45) is 5.00. The number of carbonyl (C=O) groups is 1. The SMILES string of the molecule is CCCC(CN)CC(=O)N1CCC(N(C)C)CC1. The third-order valence-corrected chi connectivity index (χ3v) is 4.04. The summed E-state index contributed by atoms with van der Waals surface area (Å²) < 4.78 is 0. The number of carbonyl (C=O) groups excluding carboxylic acids is 1. The Kier molecular flexibility index (Phi) is 6.65. The van der Waals surface area contributed by atoms with Crippen LogP contribution in [-0.2, 0) is 4.79 Å². The van der Waals surface area contributed by atoms with E-state index in [4.69, 9.17) is 5.73 Å². The lowest BCUT2D eigenvalue weighted by Crippen LogP contribution is -2.45. The summed E-state index contributed by atoms with van der Waals surface area (Å²) in [6.45, 7) is 4.60. The Morgan fingerprint density at radius 3 is 2.44 bits per heavy atom. The van der Waals surface area contributed by atoms with Crippen LogP contribution in [0.5, 0.6) is 0 Å². The van der Waals surface area contributed by atoms with Crippen LogP contribution in [-0.4, -0.2) is 55.5 Å². The van der Waals surface area contributed by atoms with Crippen molar-refractivity contribution in [1.29, 1.82) is 0 Å². The Hall–Kier alpha value is -0.610. The number of piperidine rings is 1. The molecule has 0 saturated carbocycles. The minimum Gasteiger partial charge on any atom is -0.343 e. The first-order valence-electron chi connectivity index (χ1n) is 7.22. The fourth-order valence-electron chi connectivity index (χ4n) is 2.72. The van der Waals surface area contributed by atoms with Gasteiger partial charge >= 0.3 is 0 Å². The highest BCUT2D eigenvalue weighted by molar-refractivity contribution is 5.76. The monoisotopic (exact) mass is 255 g/mol. The summed E-state index contributed by atoms with van der Waals surface area (Å²) >= 11 is 0. The van der Waals surface area contributed by atoms with Gasteiger partial charge in [-0.05, 0) is 45.8 Å². The van der Waals surface area contributed by atoms with Crippen molar-refractivity contribution in [2.75, 3.05) is 33.7 Å². The number of hydrogen-bond donors (Lipinski definition) is 1. The maximum atomic E-state index is 12.2. The van der Waals surface area contributed by atoms with Gasteiger partial charge in [0.25, 0.3) is 0 Å². The molecular weight excluding hydrogens is 226 g/mol. The molecule has 1 saturated heterocycles. The normalized spacial score (nSPS) is 19.3. The Morgan fingerprint density at radius 1 is 1.39 bits per heavy atom. The molecule has 4 heteroatoms. The van der Waals surface area contributed by atoms with Gasteiger partial charge < -0.3 is 15.5 Å². The van der Waals surface area contributed by atoms with E-state index >= 15 is 0 Å². The fourth-order valence-corrected chi connectivity index (χ4v) is 2.72. The molecule has 0 aromatic rings. The van der Waals surface area contributed by atoms with Crippen LogP contribution < -0.4 is 5.73 Å². The van der Waals surface area contributed by atoms with Crippen LogP contribution in [0.1, 0.15) is 39.0 Å². The van der Waals surface area contributed by atoms with Crippen molar-refractivity contribution in [3.05, 3.63) is 0 Å². The van der Waals surface area contributed by atoms with Crippen molar-refractivity contribution < 1.29 is 4.79 Å². The number of nitrogens with zero attached hydrogens (tertiary/aromatic N) is 2. The molecule has 0 bridgehead atoms. The van der Waals surface area contributed by atoms with Crippen molar-refractivity contribution in [2.45, 2.75) is 45.1 Å². The molecule has 0 radical (unpaired) electrons. The molecule has 1 rings (SSSR count). The van der Waals surface area contributed by atoms with Crippen molar-refractivity contribution in [2.24, 2.45) is 11.7 Å². The first-order chi connectivity index (χ1) is 8.58. The van der Waals surface area contributed by atoms with E-state index in [1.165, 1.54) is 0 Å². The van der Waals surface area contributed by atoms with E-state index in [0.717, 1.165) is 38.8 Å². The average molecular weight is 255 g/mol. The zero-order valence-electron chi connectivity index (χ0n) is 12.2. The molecule has 0 aliphatic carbocycles. The zero-order chi connectivity index (χ0) is 13.5. The molecule has 2 N–H and O–H groups in total. The molecule has 1 unspecified atom stereocenters. The minimum absolute atomic E-state index is 0.302. The summed E-state index contributed by atoms with van der Waals surface area (Å²) in [5, 5.41) is 0. The van der Waals surface area contributed by atoms with Crippen LogP contribution in [0.4, 0.5) is 0 Å². The van der Waals surface area contributed by atoms with Gasteiger partial charge in [-0.3, -0.25) is 4.79 Å². The maximum Gasteiger partial charge on any atom is 0.222 e. The van der Waals surface area contributed by atoms with Gasteiger partial charge in [0.2, 0.25) is 5.91 Å². The van der Waals surface area contributed by atoms with Gasteiger partial charge in [-0.25, -0.2) is 0 Å². The van der Waals surface area contributed by atoms with Crippen molar-refractivity contribution >= 4 is 5.91 Å². The lowest BCUT2D eigenvalue weighted by molar-refractivity contribution is -0.133. The first-order valence-corrected chi connectivity index (χ1v) is 7.22. The van der Waals surface area contributed by atoms with Gasteiger partial charge in [0, 0.05) is 25.6 Å². The Morgan fingerprint density at radius 2 is 2.00 bits per heavy atom. The van der Waals surface area contributed by atoms with Crippen molar-refractivity contribution in [3.63, 3.8) is 0 Å². The number of nitrogens with two attached hydrogens (primary N) is 1. The Balaban J connectivity index is 2.35. The zero-order valence-corrected chi connectivity index (χ0v) is 12.2. The Bertz CT molecular complexity index is 247. The topological polar surface area (TPSA) is 49.6 Å². The van der Waals surface area contributed by atoms with Gasteiger partial charge in [-0.15, -0.1) is 0 Å². The van der Waals surface area contributed by atoms with Crippen LogP contribution >= 0.6 is 0 Å². The van der Waals surface area contributed by atoms with E-state index < -0.39 is 0 Å². The summed E-state index contributed by atoms with van der Waals surface area (Å²) in [4.78, 5) is 16.5. The summed E-state index contributed by atoms with van der Waals surface area (Å²) in [5.74, 6) is 0.671. The first kappa shape index (κ1) is 15.4. The lowest BCUT2D eigenvalue weighted by Gasteiger charge is -2.35. The third-order valence-electron chi connectivity index (χ3n) is 4.04. The lowest BCUT2D eigenvalue weighted by atomic mass is 9.97. The van der Waals surface area contributed by atoms with E-state index in [1.54, 1.807) is 0 Å². The highest BCUT2D eigenvalue weighted by atomic mass is 16.2. The number of amides is 1. The van der Waals surface area contributed by atoms with Crippen LogP contribution in [0.25, 0.3) is 0 Å². The summed E-state index contributed by atoms with van der Waals surface area (Å²) in [7, 11) is 4.24. The summed E-state index contributed by atoms with van der Waals surface area (Å²) in [6, 6.07) is 0.634. The van der Waals surface area contributed by atoms with Crippen LogP contribution in [0.15, 0.2) is 0 Å². The van der Waals surface area contributed by atoms with Gasteiger partial charge in [0.05, 0.1) is 0 Å². The molecule has 1 atom stereocenters. The van der Waals surface area contributed by atoms with Gasteiger partial charge in [0.1, 0.15) is 0 Å². The van der Waals surface area contributed by atoms with Gasteiger partial charge in [-0.1, -0.05) is 13.3 Å². The van der Waals surface area contributed by atoms with E-state index in [1.807, 2.05) is 4.90 Å². The quantitative estimate of drug-likeness (QED) is 0.778. The molecule has 106 valence electrons. The Labute approximate surface area is 111 Å². The highest BCUT2D eigenvalue weighted by Gasteiger charge is 2.24. The standard InChI is InChI=1S/C14H29N3O/c1-4-5-12(11-15)10-14(18)17-8-6-13(7-9-17)16(2)3/h12-13H,4-11,15H2,1-3H3. The molecule has 1 amide bonds. The van der Waals surface area contributed by atoms with Gasteiger partial charge in [-0.2, -0.15) is 0 Å². The van der Waals surface area contributed by atoms with E-state index in [0.29, 0.717) is 30.8 Å². The van der Waals surface area contributed by atoms with E-state index in [2.05, 4.69) is 25.9 Å². The predicted octanol–water partition coefficient (Wildman–Crippen LogP) is 1.30. The second-order valence-electron chi connectivity index (χ2n) is 5.67. The largest absolute Gasteiger partial charge is 0.343 e. The summed E-state index contributed by atoms with van der Waals surface area (Å²) in [5.41, 5.74) is 5.72. The minimum atomic E-state index is 0.302. The van der Waals surface area contributed by atoms with Crippen molar-refractivity contribution in [1.82, 2.24) is 9.80 Å². The average Bonchev–Trinajstić information content (AvgIpc) is 2.38. The molecule has 1 fully saturated rings. The molecule has 1 heterocycles. The smallest absolute Gasteiger partial charge is 0.222 e. The van der Waals surface area contributed by atoms with Crippen molar-refractivity contribution in [3.8, 4) is 0 Å². The molecule has 4 nitrogen and oxygen atoms in total. The molecular formula is C14H29N3O. The molecule has 18 heavy (non-hydrogen) atoms. The molecule has 0 spiro atoms. The number of rotatable bonds is 6. The second-order valence-corrected chi connectivity index (χ2v) is 5.67. The number of hydrogen-bond acceptors (Lipinski definition) is 3. The fraction of sp³-hybridized carbons (Fsp3) is 0.929. The molecule has 1 aliphatic rings. The second kappa shape index (κ2) is 7.74. The predicted molar refractivity (Wildman–Crippen MR) is 75.4 cm³/mol. The van der Waals surface area contributed by atoms with Crippen LogP contribution in [0.3, 0.4) is 0 Å². The third kappa shape index (κ3) is 4.58. The maximum absolute atomic E-state index is 12.2. The van der Waals surface area contributed by atoms with Crippen LogP contribution in [0.2, 0.25) is 0 Å². The molecule has 1 aliphatic heterocycles. The number of likely N-dealkylation sites (tertiary alicyclic amines) is 1. The highest BCUT2D eigenvalue weighted by Crippen LogP contribution is 2.17. The van der Waals surface area contributed by atoms with E-state index in [9.17, 15) is 4.79 Å². The van der Waals surface area contributed by atoms with Crippen LogP contribution in [0, 0.1) is 5.92 Å². The van der Waals surface area contributed by atoms with Gasteiger partial charge in [0.15, 0.2) is 0 Å². The molecule has 0 aromatic carbocycles.